The summed E-state index contributed by atoms with van der Waals surface area (Å²) in [6.07, 6.45) is 5.07. The number of carbonyl (C=O) groups excluding carboxylic acids is 1. The molecule has 3 atom stereocenters. The summed E-state index contributed by atoms with van der Waals surface area (Å²) in [5, 5.41) is 15.7. The Hall–Kier alpha value is -1.87. The molecular weight excluding hydrogens is 328 g/mol. The SMILES string of the molecule is COCC(=O)NC[C@@H]1N[C@H](CO)[C@@H]1c1ccc(C#CC2CCCC2)cc1. The van der Waals surface area contributed by atoms with Crippen LogP contribution >= 0.6 is 0 Å². The van der Waals surface area contributed by atoms with Crippen LogP contribution in [-0.2, 0) is 9.53 Å². The minimum Gasteiger partial charge on any atom is -0.395 e. The first kappa shape index (κ1) is 18.9. The predicted octanol–water partition coefficient (Wildman–Crippen LogP) is 1.41. The van der Waals surface area contributed by atoms with Crippen LogP contribution in [0.5, 0.6) is 0 Å². The Morgan fingerprint density at radius 1 is 1.27 bits per heavy atom. The first-order valence-electron chi connectivity index (χ1n) is 9.45. The fraction of sp³-hybridized carbons (Fsp3) is 0.571. The molecule has 0 unspecified atom stereocenters. The van der Waals surface area contributed by atoms with Gasteiger partial charge in [-0.05, 0) is 30.5 Å². The van der Waals surface area contributed by atoms with Crippen LogP contribution in [0.1, 0.15) is 42.7 Å². The summed E-state index contributed by atoms with van der Waals surface area (Å²) in [5.74, 6) is 7.29. The van der Waals surface area contributed by atoms with Crippen molar-refractivity contribution in [1.82, 2.24) is 10.6 Å². The van der Waals surface area contributed by atoms with Crippen LogP contribution in [0.3, 0.4) is 0 Å². The molecule has 5 heteroatoms. The van der Waals surface area contributed by atoms with Crippen LogP contribution in [0.4, 0.5) is 0 Å². The molecule has 1 aliphatic carbocycles. The fourth-order valence-corrected chi connectivity index (χ4v) is 3.91. The number of aliphatic hydroxyl groups excluding tert-OH is 1. The second-order valence-electron chi connectivity index (χ2n) is 7.20. The van der Waals surface area contributed by atoms with Crippen molar-refractivity contribution in [3.05, 3.63) is 35.4 Å². The second kappa shape index (κ2) is 9.18. The van der Waals surface area contributed by atoms with Crippen molar-refractivity contribution >= 4 is 5.91 Å². The maximum atomic E-state index is 11.6. The van der Waals surface area contributed by atoms with Crippen molar-refractivity contribution in [2.45, 2.75) is 43.7 Å². The molecule has 0 radical (unpaired) electrons. The van der Waals surface area contributed by atoms with Crippen molar-refractivity contribution < 1.29 is 14.6 Å². The number of rotatable bonds is 6. The summed E-state index contributed by atoms with van der Waals surface area (Å²) in [6.45, 7) is 0.665. The number of ether oxygens (including phenoxy) is 1. The van der Waals surface area contributed by atoms with Crippen LogP contribution in [0.25, 0.3) is 0 Å². The van der Waals surface area contributed by atoms with Gasteiger partial charge in [-0.3, -0.25) is 4.79 Å². The summed E-state index contributed by atoms with van der Waals surface area (Å²) in [7, 11) is 1.50. The van der Waals surface area contributed by atoms with Crippen molar-refractivity contribution in [2.24, 2.45) is 5.92 Å². The van der Waals surface area contributed by atoms with Gasteiger partial charge in [-0.2, -0.15) is 0 Å². The second-order valence-corrected chi connectivity index (χ2v) is 7.20. The van der Waals surface area contributed by atoms with E-state index in [0.717, 1.165) is 5.56 Å². The first-order valence-corrected chi connectivity index (χ1v) is 9.45. The molecule has 1 saturated heterocycles. The molecule has 2 fully saturated rings. The number of benzene rings is 1. The number of nitrogens with one attached hydrogen (secondary N) is 2. The molecule has 1 aromatic rings. The van der Waals surface area contributed by atoms with Gasteiger partial charge in [0.1, 0.15) is 6.61 Å². The highest BCUT2D eigenvalue weighted by molar-refractivity contribution is 5.77. The number of methoxy groups -OCH3 is 1. The largest absolute Gasteiger partial charge is 0.395 e. The van der Waals surface area contributed by atoms with Crippen molar-refractivity contribution in [3.63, 3.8) is 0 Å². The average Bonchev–Trinajstić information content (AvgIpc) is 3.14. The highest BCUT2D eigenvalue weighted by Crippen LogP contribution is 2.32. The van der Waals surface area contributed by atoms with E-state index >= 15 is 0 Å². The summed E-state index contributed by atoms with van der Waals surface area (Å²) in [5.41, 5.74) is 2.21. The van der Waals surface area contributed by atoms with Crippen LogP contribution in [0.2, 0.25) is 0 Å². The van der Waals surface area contributed by atoms with E-state index in [4.69, 9.17) is 4.74 Å². The maximum Gasteiger partial charge on any atom is 0.246 e. The van der Waals surface area contributed by atoms with Crippen molar-refractivity contribution in [2.75, 3.05) is 26.9 Å². The van der Waals surface area contributed by atoms with Gasteiger partial charge in [0.05, 0.1) is 6.61 Å². The monoisotopic (exact) mass is 356 g/mol. The Bertz CT molecular complexity index is 656. The third-order valence-corrected chi connectivity index (χ3v) is 5.36. The van der Waals surface area contributed by atoms with Crippen LogP contribution in [0.15, 0.2) is 24.3 Å². The summed E-state index contributed by atoms with van der Waals surface area (Å²) >= 11 is 0. The smallest absolute Gasteiger partial charge is 0.246 e. The highest BCUT2D eigenvalue weighted by Gasteiger charge is 2.40. The van der Waals surface area contributed by atoms with E-state index in [9.17, 15) is 9.90 Å². The summed E-state index contributed by atoms with van der Waals surface area (Å²) in [4.78, 5) is 11.6. The third kappa shape index (κ3) is 4.64. The lowest BCUT2D eigenvalue weighted by Gasteiger charge is -2.46. The summed E-state index contributed by atoms with van der Waals surface area (Å²) < 4.78 is 4.83. The third-order valence-electron chi connectivity index (χ3n) is 5.36. The maximum absolute atomic E-state index is 11.6. The number of hydrogen-bond donors (Lipinski definition) is 3. The van der Waals surface area contributed by atoms with Gasteiger partial charge in [-0.15, -0.1) is 0 Å². The van der Waals surface area contributed by atoms with E-state index in [1.54, 1.807) is 0 Å². The van der Waals surface area contributed by atoms with Crippen LogP contribution in [0, 0.1) is 17.8 Å². The zero-order chi connectivity index (χ0) is 18.4. The van der Waals surface area contributed by atoms with Crippen LogP contribution in [-0.4, -0.2) is 50.0 Å². The number of hydrogen-bond acceptors (Lipinski definition) is 4. The molecule has 1 heterocycles. The molecule has 0 bridgehead atoms. The summed E-state index contributed by atoms with van der Waals surface area (Å²) in [6, 6.07) is 8.45. The Morgan fingerprint density at radius 2 is 2.00 bits per heavy atom. The Labute approximate surface area is 155 Å². The van der Waals surface area contributed by atoms with Gasteiger partial charge in [0, 0.05) is 43.1 Å². The molecule has 1 amide bonds. The molecule has 3 N–H and O–H groups in total. The molecule has 2 aliphatic rings. The molecule has 1 aromatic carbocycles. The van der Waals surface area contributed by atoms with Gasteiger partial charge < -0.3 is 20.5 Å². The predicted molar refractivity (Wildman–Crippen MR) is 101 cm³/mol. The Kier molecular flexibility index (Phi) is 6.67. The molecule has 140 valence electrons. The minimum absolute atomic E-state index is 0.0229. The van der Waals surface area contributed by atoms with Gasteiger partial charge in [0.15, 0.2) is 0 Å². The fourth-order valence-electron chi connectivity index (χ4n) is 3.91. The molecule has 26 heavy (non-hydrogen) atoms. The quantitative estimate of drug-likeness (QED) is 0.674. The van der Waals surface area contributed by atoms with E-state index in [2.05, 4.69) is 46.7 Å². The normalized spacial score (nSPS) is 25.2. The first-order chi connectivity index (χ1) is 12.7. The van der Waals surface area contributed by atoms with Crippen molar-refractivity contribution in [1.29, 1.82) is 0 Å². The van der Waals surface area contributed by atoms with Gasteiger partial charge in [-0.1, -0.05) is 36.8 Å². The van der Waals surface area contributed by atoms with Gasteiger partial charge >= 0.3 is 0 Å². The molecule has 1 aliphatic heterocycles. The molecule has 5 nitrogen and oxygen atoms in total. The number of amides is 1. The zero-order valence-electron chi connectivity index (χ0n) is 15.3. The van der Waals surface area contributed by atoms with Crippen LogP contribution < -0.4 is 10.6 Å². The van der Waals surface area contributed by atoms with E-state index < -0.39 is 0 Å². The number of aliphatic hydroxyl groups is 1. The topological polar surface area (TPSA) is 70.6 Å². The lowest BCUT2D eigenvalue weighted by Crippen LogP contribution is -2.64. The highest BCUT2D eigenvalue weighted by atomic mass is 16.5. The molecule has 0 aromatic heterocycles. The van der Waals surface area contributed by atoms with E-state index in [-0.39, 0.29) is 37.1 Å². The van der Waals surface area contributed by atoms with E-state index in [0.29, 0.717) is 12.5 Å². The van der Waals surface area contributed by atoms with E-state index in [1.807, 2.05) is 0 Å². The van der Waals surface area contributed by atoms with Crippen molar-refractivity contribution in [3.8, 4) is 11.8 Å². The lowest BCUT2D eigenvalue weighted by atomic mass is 9.77. The number of carbonyl (C=O) groups is 1. The standard InChI is InChI=1S/C21H28N2O3/c1-26-14-20(25)22-12-18-21(19(13-24)23-18)17-10-8-16(9-11-17)7-6-15-4-2-3-5-15/h8-11,15,18-19,21,23-24H,2-5,12-14H2,1H3,(H,22,25)/t18-,19+,21+/m0/s1. The molecular formula is C21H28N2O3. The average molecular weight is 356 g/mol. The minimum atomic E-state index is -0.127. The van der Waals surface area contributed by atoms with E-state index in [1.165, 1.54) is 38.4 Å². The zero-order valence-corrected chi connectivity index (χ0v) is 15.3. The Balaban J connectivity index is 1.60. The molecule has 3 rings (SSSR count). The Morgan fingerprint density at radius 3 is 2.65 bits per heavy atom. The van der Waals surface area contributed by atoms with Gasteiger partial charge in [0.25, 0.3) is 0 Å². The van der Waals surface area contributed by atoms with Gasteiger partial charge in [-0.25, -0.2) is 0 Å². The molecule has 0 spiro atoms. The van der Waals surface area contributed by atoms with Gasteiger partial charge in [0.2, 0.25) is 5.91 Å². The molecule has 1 saturated carbocycles. The lowest BCUT2D eigenvalue weighted by molar-refractivity contribution is -0.125.